The van der Waals surface area contributed by atoms with Gasteiger partial charge >= 0.3 is 0 Å². The van der Waals surface area contributed by atoms with Crippen molar-refractivity contribution < 1.29 is 23.4 Å². The van der Waals surface area contributed by atoms with Gasteiger partial charge in [-0.2, -0.15) is 0 Å². The van der Waals surface area contributed by atoms with Gasteiger partial charge in [0.1, 0.15) is 29.5 Å². The van der Waals surface area contributed by atoms with E-state index in [2.05, 4.69) is 10.3 Å². The maximum absolute atomic E-state index is 14.5. The molecular weight excluding hydrogens is 490 g/mol. The third-order valence-corrected chi connectivity index (χ3v) is 7.09. The van der Waals surface area contributed by atoms with Crippen LogP contribution in [0.5, 0.6) is 11.5 Å². The molecule has 1 unspecified atom stereocenters. The number of halogens is 2. The number of ether oxygens (including phenoxy) is 1. The number of carbonyl (C=O) groups excluding carboxylic acids is 1. The van der Waals surface area contributed by atoms with Crippen LogP contribution in [0.2, 0.25) is 0 Å². The molecule has 0 bridgehead atoms. The Hall–Kier alpha value is -3.98. The van der Waals surface area contributed by atoms with Gasteiger partial charge in [-0.25, -0.2) is 13.8 Å². The maximum atomic E-state index is 14.5. The molecule has 0 radical (unpaired) electrons. The summed E-state index contributed by atoms with van der Waals surface area (Å²) in [5.41, 5.74) is 4.23. The number of phenolic OH excluding ortho intramolecular Hbond substituents is 1. The lowest BCUT2D eigenvalue weighted by Gasteiger charge is -2.36. The second-order valence-corrected chi connectivity index (χ2v) is 9.84. The number of likely N-dealkylation sites (N-methyl/N-ethyl adjacent to an activating group) is 1. The van der Waals surface area contributed by atoms with E-state index in [-0.39, 0.29) is 24.2 Å². The number of aromatic hydroxyl groups is 1. The van der Waals surface area contributed by atoms with E-state index in [9.17, 15) is 18.7 Å². The molecule has 1 amide bonds. The number of methoxy groups -OCH3 is 1. The molecule has 7 nitrogen and oxygen atoms in total. The largest absolute Gasteiger partial charge is 0.508 e. The SMILES string of the molecule is COc1cc(F)cc(N2C=Nc3cc(C)c(-c4cccc(O)c4)cc3C2C(=O)N(C)C[C@@H]2C[C@@H](F)CN2)c1. The number of aliphatic imine (C=N–C) groups is 1. The summed E-state index contributed by atoms with van der Waals surface area (Å²) in [7, 11) is 3.14. The lowest BCUT2D eigenvalue weighted by Crippen LogP contribution is -2.46. The first-order chi connectivity index (χ1) is 18.2. The number of aryl methyl sites for hydroxylation is 1. The van der Waals surface area contributed by atoms with Crippen LogP contribution in [-0.2, 0) is 4.79 Å². The van der Waals surface area contributed by atoms with Crippen LogP contribution in [0.25, 0.3) is 11.1 Å². The summed E-state index contributed by atoms with van der Waals surface area (Å²) in [6, 6.07) is 13.9. The summed E-state index contributed by atoms with van der Waals surface area (Å²) in [5, 5.41) is 13.2. The fourth-order valence-corrected chi connectivity index (χ4v) is 5.19. The predicted molar refractivity (Wildman–Crippen MR) is 144 cm³/mol. The zero-order valence-electron chi connectivity index (χ0n) is 21.5. The van der Waals surface area contributed by atoms with Crippen LogP contribution in [0.4, 0.5) is 20.2 Å². The summed E-state index contributed by atoms with van der Waals surface area (Å²) in [5.74, 6) is -0.303. The first-order valence-corrected chi connectivity index (χ1v) is 12.5. The molecule has 2 aliphatic heterocycles. The lowest BCUT2D eigenvalue weighted by atomic mass is 9.91. The van der Waals surface area contributed by atoms with Crippen LogP contribution < -0.4 is 15.0 Å². The van der Waals surface area contributed by atoms with Crippen molar-refractivity contribution in [2.24, 2.45) is 4.99 Å². The van der Waals surface area contributed by atoms with Crippen molar-refractivity contribution >= 4 is 23.6 Å². The summed E-state index contributed by atoms with van der Waals surface area (Å²) in [4.78, 5) is 21.9. The molecule has 0 aromatic heterocycles. The van der Waals surface area contributed by atoms with Gasteiger partial charge in [0.2, 0.25) is 5.91 Å². The van der Waals surface area contributed by atoms with Crippen molar-refractivity contribution in [3.8, 4) is 22.6 Å². The van der Waals surface area contributed by atoms with Crippen molar-refractivity contribution in [1.82, 2.24) is 10.2 Å². The monoisotopic (exact) mass is 520 g/mol. The van der Waals surface area contributed by atoms with E-state index in [1.165, 1.54) is 25.6 Å². The van der Waals surface area contributed by atoms with Gasteiger partial charge in [0.15, 0.2) is 0 Å². The summed E-state index contributed by atoms with van der Waals surface area (Å²) < 4.78 is 33.6. The Morgan fingerprint density at radius 1 is 1.24 bits per heavy atom. The molecule has 198 valence electrons. The minimum atomic E-state index is -0.935. The highest BCUT2D eigenvalue weighted by atomic mass is 19.1. The number of hydrogen-bond donors (Lipinski definition) is 2. The molecule has 9 heteroatoms. The molecule has 3 atom stereocenters. The number of anilines is 1. The van der Waals surface area contributed by atoms with Gasteiger partial charge in [0.25, 0.3) is 0 Å². The highest BCUT2D eigenvalue weighted by Gasteiger charge is 2.36. The molecule has 0 aliphatic carbocycles. The summed E-state index contributed by atoms with van der Waals surface area (Å²) in [6.45, 7) is 2.54. The topological polar surface area (TPSA) is 77.4 Å². The highest BCUT2D eigenvalue weighted by Crippen LogP contribution is 2.42. The van der Waals surface area contributed by atoms with Crippen molar-refractivity contribution in [3.05, 3.63) is 71.5 Å². The molecule has 1 saturated heterocycles. The van der Waals surface area contributed by atoms with Crippen LogP contribution in [-0.4, -0.2) is 61.7 Å². The number of hydrogen-bond acceptors (Lipinski definition) is 6. The second-order valence-electron chi connectivity index (χ2n) is 9.84. The quantitative estimate of drug-likeness (QED) is 0.484. The third-order valence-electron chi connectivity index (χ3n) is 7.09. The number of amides is 1. The Balaban J connectivity index is 1.60. The number of rotatable bonds is 6. The van der Waals surface area contributed by atoms with Crippen LogP contribution >= 0.6 is 0 Å². The van der Waals surface area contributed by atoms with Crippen molar-refractivity contribution in [2.75, 3.05) is 32.1 Å². The Kier molecular flexibility index (Phi) is 7.03. The van der Waals surface area contributed by atoms with Gasteiger partial charge in [0, 0.05) is 49.6 Å². The predicted octanol–water partition coefficient (Wildman–Crippen LogP) is 4.89. The zero-order valence-corrected chi connectivity index (χ0v) is 21.5. The van der Waals surface area contributed by atoms with Crippen LogP contribution in [0, 0.1) is 12.7 Å². The third kappa shape index (κ3) is 5.06. The van der Waals surface area contributed by atoms with Crippen molar-refractivity contribution in [3.63, 3.8) is 0 Å². The average molecular weight is 521 g/mol. The van der Waals surface area contributed by atoms with Gasteiger partial charge in [-0.1, -0.05) is 12.1 Å². The second kappa shape index (κ2) is 10.4. The van der Waals surface area contributed by atoms with Crippen LogP contribution in [0.1, 0.15) is 23.6 Å². The maximum Gasteiger partial charge on any atom is 0.250 e. The zero-order chi connectivity index (χ0) is 27.0. The fourth-order valence-electron chi connectivity index (χ4n) is 5.19. The Labute approximate surface area is 220 Å². The number of nitrogens with one attached hydrogen (secondary N) is 1. The molecule has 2 aliphatic rings. The van der Waals surface area contributed by atoms with E-state index >= 15 is 0 Å². The van der Waals surface area contributed by atoms with Crippen LogP contribution in [0.15, 0.2) is 59.6 Å². The van der Waals surface area contributed by atoms with Gasteiger partial charge in [-0.05, 0) is 60.4 Å². The van der Waals surface area contributed by atoms with E-state index in [1.807, 2.05) is 25.1 Å². The van der Waals surface area contributed by atoms with Gasteiger partial charge < -0.3 is 25.0 Å². The van der Waals surface area contributed by atoms with E-state index in [0.717, 1.165) is 16.7 Å². The summed E-state index contributed by atoms with van der Waals surface area (Å²) >= 11 is 0. The molecule has 2 heterocycles. The molecule has 0 spiro atoms. The fraction of sp³-hybridized carbons (Fsp3) is 0.310. The molecule has 1 fully saturated rings. The van der Waals surface area contributed by atoms with E-state index in [4.69, 9.17) is 4.74 Å². The van der Waals surface area contributed by atoms with Gasteiger partial charge in [-0.3, -0.25) is 4.79 Å². The van der Waals surface area contributed by atoms with Crippen molar-refractivity contribution in [1.29, 1.82) is 0 Å². The lowest BCUT2D eigenvalue weighted by molar-refractivity contribution is -0.131. The summed E-state index contributed by atoms with van der Waals surface area (Å²) in [6.07, 6.45) is 0.938. The number of nitrogens with zero attached hydrogens (tertiary/aromatic N) is 3. The van der Waals surface area contributed by atoms with E-state index in [1.54, 1.807) is 41.1 Å². The number of alkyl halides is 1. The first kappa shape index (κ1) is 25.7. The number of fused-ring (bicyclic) bond motifs is 1. The molecule has 3 aromatic rings. The molecule has 0 saturated carbocycles. The van der Waals surface area contributed by atoms with Crippen LogP contribution in [0.3, 0.4) is 0 Å². The number of benzene rings is 3. The van der Waals surface area contributed by atoms with E-state index in [0.29, 0.717) is 35.7 Å². The Morgan fingerprint density at radius 3 is 2.76 bits per heavy atom. The van der Waals surface area contributed by atoms with E-state index < -0.39 is 18.0 Å². The first-order valence-electron chi connectivity index (χ1n) is 12.5. The normalized spacial score (nSPS) is 20.3. The number of phenols is 1. The van der Waals surface area contributed by atoms with Crippen molar-refractivity contribution in [2.45, 2.75) is 31.6 Å². The smallest absolute Gasteiger partial charge is 0.250 e. The molecule has 38 heavy (non-hydrogen) atoms. The molecule has 5 rings (SSSR count). The highest BCUT2D eigenvalue weighted by molar-refractivity contribution is 5.99. The minimum absolute atomic E-state index is 0.133. The number of carbonyl (C=O) groups is 1. The Bertz CT molecular complexity index is 1400. The average Bonchev–Trinajstić information content (AvgIpc) is 3.30. The van der Waals surface area contributed by atoms with Gasteiger partial charge in [0.05, 0.1) is 19.1 Å². The standard InChI is InChI=1S/C29H30F2N4O3/c1-17-7-27-26(13-25(17)18-5-4-6-23(36)8-18)28(29(37)34(2)15-21-9-20(31)14-32-21)35(16-33-27)22-10-19(30)11-24(12-22)38-3/h4-8,10-13,16,20-21,28,32,36H,9,14-15H2,1-3H3/t20-,21+,28?/m1/s1. The minimum Gasteiger partial charge on any atom is -0.508 e. The molecular formula is C29H30F2N4O3. The molecule has 2 N–H and O–H groups in total. The molecule has 3 aromatic carbocycles. The van der Waals surface area contributed by atoms with Gasteiger partial charge in [-0.15, -0.1) is 0 Å². The Morgan fingerprint density at radius 2 is 2.05 bits per heavy atom.